The Hall–Kier alpha value is -2.16. The Morgan fingerprint density at radius 2 is 2.12 bits per heavy atom. The Balaban J connectivity index is 1.62. The summed E-state index contributed by atoms with van der Waals surface area (Å²) >= 11 is 1.54. The normalized spacial score (nSPS) is 23.7. The zero-order chi connectivity index (χ0) is 16.5. The summed E-state index contributed by atoms with van der Waals surface area (Å²) < 4.78 is 1.91. The van der Waals surface area contributed by atoms with Gasteiger partial charge < -0.3 is 15.5 Å². The predicted octanol–water partition coefficient (Wildman–Crippen LogP) is 1.25. The van der Waals surface area contributed by atoms with Gasteiger partial charge >= 0.3 is 0 Å². The van der Waals surface area contributed by atoms with Crippen LogP contribution in [0.15, 0.2) is 43.0 Å². The van der Waals surface area contributed by atoms with Crippen LogP contribution in [0.1, 0.15) is 16.6 Å². The smallest absolute Gasteiger partial charge is 0.180 e. The summed E-state index contributed by atoms with van der Waals surface area (Å²) in [5.41, 5.74) is 2.47. The van der Waals surface area contributed by atoms with Gasteiger partial charge in [-0.25, -0.2) is 9.97 Å². The Kier molecular flexibility index (Phi) is 4.09. The van der Waals surface area contributed by atoms with Crippen molar-refractivity contribution in [2.75, 3.05) is 11.1 Å². The van der Waals surface area contributed by atoms with Crippen LogP contribution < -0.4 is 5.32 Å². The number of aliphatic hydroxyl groups is 2. The number of rotatable bonds is 4. The molecule has 0 aromatic carbocycles. The van der Waals surface area contributed by atoms with Crippen LogP contribution in [0, 0.1) is 0 Å². The number of nitrogens with zero attached hydrogens (tertiary/aromatic N) is 4. The lowest BCUT2D eigenvalue weighted by Gasteiger charge is -2.15. The van der Waals surface area contributed by atoms with Crippen molar-refractivity contribution in [3.05, 3.63) is 54.4 Å². The fourth-order valence-corrected chi connectivity index (χ4v) is 4.14. The van der Waals surface area contributed by atoms with Crippen molar-refractivity contribution in [2.24, 2.45) is 0 Å². The molecule has 1 fully saturated rings. The fourth-order valence-electron chi connectivity index (χ4n) is 2.81. The maximum atomic E-state index is 10.2. The molecule has 8 heteroatoms. The first-order valence-electron chi connectivity index (χ1n) is 7.67. The van der Waals surface area contributed by atoms with Crippen molar-refractivity contribution in [3.63, 3.8) is 0 Å². The molecule has 0 saturated carbocycles. The topological polar surface area (TPSA) is 95.6 Å². The van der Waals surface area contributed by atoms with Gasteiger partial charge in [0.1, 0.15) is 0 Å². The van der Waals surface area contributed by atoms with Crippen molar-refractivity contribution < 1.29 is 10.2 Å². The zero-order valence-electron chi connectivity index (χ0n) is 12.8. The third-order valence-electron chi connectivity index (χ3n) is 4.06. The first kappa shape index (κ1) is 15.4. The number of nitrogens with one attached hydrogen (secondary N) is 1. The zero-order valence-corrected chi connectivity index (χ0v) is 13.6. The lowest BCUT2D eigenvalue weighted by Crippen LogP contribution is -2.25. The van der Waals surface area contributed by atoms with Gasteiger partial charge in [0.05, 0.1) is 41.6 Å². The molecule has 0 unspecified atom stereocenters. The molecule has 7 nitrogen and oxygen atoms in total. The molecule has 3 N–H and O–H groups in total. The third-order valence-corrected chi connectivity index (χ3v) is 5.48. The molecular formula is C16H17N5O2S. The molecule has 0 aliphatic carbocycles. The largest absolute Gasteiger partial charge is 0.390 e. The third kappa shape index (κ3) is 2.72. The standard InChI is InChI=1S/C16H17N5O2S/c22-12-9-24-14(13(12)23)11-8-20-16-15(18-5-6-21(11)16)19-7-10-3-1-2-4-17-10/h1-6,8,12-14,22-23H,7,9H2,(H,18,19)/t12-,13-,14+/m1/s1. The molecule has 4 heterocycles. The van der Waals surface area contributed by atoms with Crippen LogP contribution in [0.2, 0.25) is 0 Å². The van der Waals surface area contributed by atoms with Gasteiger partial charge in [-0.05, 0) is 12.1 Å². The van der Waals surface area contributed by atoms with E-state index in [1.165, 1.54) is 11.8 Å². The van der Waals surface area contributed by atoms with Crippen molar-refractivity contribution in [3.8, 4) is 0 Å². The lowest BCUT2D eigenvalue weighted by atomic mass is 10.1. The Morgan fingerprint density at radius 1 is 1.21 bits per heavy atom. The Morgan fingerprint density at radius 3 is 2.88 bits per heavy atom. The van der Waals surface area contributed by atoms with Gasteiger partial charge in [-0.15, -0.1) is 11.8 Å². The number of pyridine rings is 1. The summed E-state index contributed by atoms with van der Waals surface area (Å²) in [6.45, 7) is 0.551. The second-order valence-electron chi connectivity index (χ2n) is 5.64. The van der Waals surface area contributed by atoms with Crippen LogP contribution >= 0.6 is 11.8 Å². The number of anilines is 1. The van der Waals surface area contributed by atoms with E-state index < -0.39 is 12.2 Å². The SMILES string of the molecule is O[C@@H]1[C@H](O)CS[C@H]1c1cnc2c(NCc3ccccn3)nccn12. The number of thioether (sulfide) groups is 1. The maximum Gasteiger partial charge on any atom is 0.180 e. The molecule has 1 saturated heterocycles. The highest BCUT2D eigenvalue weighted by atomic mass is 32.2. The van der Waals surface area contributed by atoms with Crippen molar-refractivity contribution in [1.82, 2.24) is 19.4 Å². The van der Waals surface area contributed by atoms with E-state index in [4.69, 9.17) is 0 Å². The highest BCUT2D eigenvalue weighted by Gasteiger charge is 2.37. The molecule has 1 aliphatic rings. The fraction of sp³-hybridized carbons (Fsp3) is 0.312. The van der Waals surface area contributed by atoms with Gasteiger partial charge in [0.15, 0.2) is 11.5 Å². The minimum Gasteiger partial charge on any atom is -0.390 e. The van der Waals surface area contributed by atoms with E-state index in [0.29, 0.717) is 23.8 Å². The molecule has 4 rings (SSSR count). The van der Waals surface area contributed by atoms with Gasteiger partial charge in [0, 0.05) is 24.3 Å². The number of imidazole rings is 1. The number of hydrogen-bond acceptors (Lipinski definition) is 7. The molecule has 3 aromatic heterocycles. The second-order valence-corrected chi connectivity index (χ2v) is 6.81. The molecule has 24 heavy (non-hydrogen) atoms. The molecule has 0 amide bonds. The second kappa shape index (κ2) is 6.39. The summed E-state index contributed by atoms with van der Waals surface area (Å²) in [5, 5.41) is 23.0. The quantitative estimate of drug-likeness (QED) is 0.656. The molecule has 0 spiro atoms. The van der Waals surface area contributed by atoms with E-state index in [9.17, 15) is 10.2 Å². The van der Waals surface area contributed by atoms with Crippen LogP contribution in [0.25, 0.3) is 5.65 Å². The van der Waals surface area contributed by atoms with Gasteiger partial charge in [0.2, 0.25) is 0 Å². The number of hydrogen-bond donors (Lipinski definition) is 3. The summed E-state index contributed by atoms with van der Waals surface area (Å²) in [6, 6.07) is 5.76. The van der Waals surface area contributed by atoms with Gasteiger partial charge in [0.25, 0.3) is 0 Å². The highest BCUT2D eigenvalue weighted by Crippen LogP contribution is 2.40. The number of aliphatic hydroxyl groups excluding tert-OH is 2. The Bertz CT molecular complexity index is 841. The van der Waals surface area contributed by atoms with Crippen LogP contribution in [0.3, 0.4) is 0 Å². The van der Waals surface area contributed by atoms with E-state index in [1.54, 1.807) is 18.6 Å². The highest BCUT2D eigenvalue weighted by molar-refractivity contribution is 7.99. The Labute approximate surface area is 142 Å². The molecule has 0 radical (unpaired) electrons. The first-order valence-corrected chi connectivity index (χ1v) is 8.72. The average molecular weight is 343 g/mol. The maximum absolute atomic E-state index is 10.2. The van der Waals surface area contributed by atoms with Crippen LogP contribution in [0.5, 0.6) is 0 Å². The summed E-state index contributed by atoms with van der Waals surface area (Å²) in [4.78, 5) is 13.1. The molecule has 3 aromatic rings. The molecule has 3 atom stereocenters. The van der Waals surface area contributed by atoms with Gasteiger partial charge in [-0.3, -0.25) is 9.38 Å². The number of aromatic nitrogens is 4. The summed E-state index contributed by atoms with van der Waals surface area (Å²) in [6.07, 6.45) is 5.52. The minimum absolute atomic E-state index is 0.193. The van der Waals surface area contributed by atoms with Crippen LogP contribution in [0.4, 0.5) is 5.82 Å². The van der Waals surface area contributed by atoms with Crippen molar-refractivity contribution in [1.29, 1.82) is 0 Å². The molecule has 124 valence electrons. The molecule has 0 bridgehead atoms. The van der Waals surface area contributed by atoms with E-state index in [0.717, 1.165) is 11.4 Å². The van der Waals surface area contributed by atoms with E-state index in [1.807, 2.05) is 28.8 Å². The summed E-state index contributed by atoms with van der Waals surface area (Å²) in [7, 11) is 0. The van der Waals surface area contributed by atoms with Gasteiger partial charge in [-0.1, -0.05) is 6.07 Å². The molecule has 1 aliphatic heterocycles. The van der Waals surface area contributed by atoms with Crippen molar-refractivity contribution >= 4 is 23.2 Å². The van der Waals surface area contributed by atoms with E-state index in [-0.39, 0.29) is 5.25 Å². The predicted molar refractivity (Wildman–Crippen MR) is 91.8 cm³/mol. The first-order chi connectivity index (χ1) is 11.7. The molecular weight excluding hydrogens is 326 g/mol. The van der Waals surface area contributed by atoms with Crippen LogP contribution in [-0.2, 0) is 6.54 Å². The average Bonchev–Trinajstić information content (AvgIpc) is 3.18. The van der Waals surface area contributed by atoms with E-state index in [2.05, 4.69) is 20.3 Å². The van der Waals surface area contributed by atoms with E-state index >= 15 is 0 Å². The monoisotopic (exact) mass is 343 g/mol. The summed E-state index contributed by atoms with van der Waals surface area (Å²) in [5.74, 6) is 1.18. The van der Waals surface area contributed by atoms with Gasteiger partial charge in [-0.2, -0.15) is 0 Å². The lowest BCUT2D eigenvalue weighted by molar-refractivity contribution is 0.0411. The number of fused-ring (bicyclic) bond motifs is 1. The van der Waals surface area contributed by atoms with Crippen LogP contribution in [-0.4, -0.2) is 47.5 Å². The minimum atomic E-state index is -0.784. The van der Waals surface area contributed by atoms with Crippen molar-refractivity contribution in [2.45, 2.75) is 24.0 Å².